The molecule has 0 saturated heterocycles. The molecule has 0 aliphatic heterocycles. The summed E-state index contributed by atoms with van der Waals surface area (Å²) < 4.78 is 0. The predicted molar refractivity (Wildman–Crippen MR) is 83.0 cm³/mol. The standard InChI is InChI=1S/C16H19NO2S/c1-12(18)6-5-10-17-16(19)15-14(9-11-20-15)13-7-3-2-4-8-13/h2-4,7-9,11-12,18H,5-6,10H2,1H3,(H,17,19). The van der Waals surface area contributed by atoms with Gasteiger partial charge in [0.25, 0.3) is 5.91 Å². The van der Waals surface area contributed by atoms with Crippen LogP contribution in [0, 0.1) is 0 Å². The van der Waals surface area contributed by atoms with Crippen LogP contribution in [0.15, 0.2) is 41.8 Å². The van der Waals surface area contributed by atoms with Gasteiger partial charge in [-0.15, -0.1) is 11.3 Å². The first-order valence-corrected chi connectivity index (χ1v) is 7.65. The fourth-order valence-electron chi connectivity index (χ4n) is 2.01. The Morgan fingerprint density at radius 1 is 1.30 bits per heavy atom. The molecule has 0 spiro atoms. The molecule has 2 rings (SSSR count). The van der Waals surface area contributed by atoms with Crippen molar-refractivity contribution in [2.75, 3.05) is 6.54 Å². The van der Waals surface area contributed by atoms with E-state index in [1.54, 1.807) is 6.92 Å². The molecule has 1 atom stereocenters. The van der Waals surface area contributed by atoms with Gasteiger partial charge in [0.05, 0.1) is 11.0 Å². The van der Waals surface area contributed by atoms with E-state index in [4.69, 9.17) is 0 Å². The summed E-state index contributed by atoms with van der Waals surface area (Å²) in [5.41, 5.74) is 2.03. The molecule has 1 amide bonds. The average molecular weight is 289 g/mol. The van der Waals surface area contributed by atoms with Gasteiger partial charge in [-0.05, 0) is 36.8 Å². The molecule has 3 nitrogen and oxygen atoms in total. The molecular weight excluding hydrogens is 270 g/mol. The summed E-state index contributed by atoms with van der Waals surface area (Å²) in [7, 11) is 0. The van der Waals surface area contributed by atoms with E-state index in [1.165, 1.54) is 11.3 Å². The summed E-state index contributed by atoms with van der Waals surface area (Å²) in [5.74, 6) is -0.0376. The van der Waals surface area contributed by atoms with Gasteiger partial charge < -0.3 is 10.4 Å². The van der Waals surface area contributed by atoms with Crippen molar-refractivity contribution in [1.29, 1.82) is 0 Å². The van der Waals surface area contributed by atoms with Crippen molar-refractivity contribution in [3.05, 3.63) is 46.7 Å². The van der Waals surface area contributed by atoms with Gasteiger partial charge in [0, 0.05) is 12.1 Å². The normalized spacial score (nSPS) is 12.1. The Morgan fingerprint density at radius 3 is 2.75 bits per heavy atom. The molecule has 0 bridgehead atoms. The highest BCUT2D eigenvalue weighted by Crippen LogP contribution is 2.27. The Hall–Kier alpha value is -1.65. The smallest absolute Gasteiger partial charge is 0.261 e. The van der Waals surface area contributed by atoms with Crippen LogP contribution in [0.5, 0.6) is 0 Å². The van der Waals surface area contributed by atoms with E-state index in [1.807, 2.05) is 41.8 Å². The lowest BCUT2D eigenvalue weighted by Crippen LogP contribution is -2.24. The lowest BCUT2D eigenvalue weighted by molar-refractivity contribution is 0.0954. The molecule has 1 unspecified atom stereocenters. The number of amides is 1. The second kappa shape index (κ2) is 7.22. The van der Waals surface area contributed by atoms with Crippen LogP contribution in [0.2, 0.25) is 0 Å². The molecule has 0 saturated carbocycles. The molecule has 0 aliphatic carbocycles. The Morgan fingerprint density at radius 2 is 2.05 bits per heavy atom. The molecule has 0 fully saturated rings. The van der Waals surface area contributed by atoms with Gasteiger partial charge in [-0.3, -0.25) is 4.79 Å². The number of rotatable bonds is 6. The molecule has 2 aromatic rings. The lowest BCUT2D eigenvalue weighted by Gasteiger charge is -2.07. The molecule has 1 aromatic heterocycles. The molecular formula is C16H19NO2S. The number of benzene rings is 1. The maximum absolute atomic E-state index is 12.2. The van der Waals surface area contributed by atoms with Crippen LogP contribution in [-0.4, -0.2) is 23.7 Å². The summed E-state index contributed by atoms with van der Waals surface area (Å²) in [6, 6.07) is 11.9. The third-order valence-corrected chi connectivity index (χ3v) is 3.95. The fraction of sp³-hybridized carbons (Fsp3) is 0.312. The Bertz CT molecular complexity index is 549. The topological polar surface area (TPSA) is 49.3 Å². The third-order valence-electron chi connectivity index (χ3n) is 3.04. The first-order valence-electron chi connectivity index (χ1n) is 6.77. The van der Waals surface area contributed by atoms with Crippen molar-refractivity contribution in [3.63, 3.8) is 0 Å². The zero-order valence-corrected chi connectivity index (χ0v) is 12.3. The Balaban J connectivity index is 1.99. The second-order valence-electron chi connectivity index (χ2n) is 4.78. The number of aliphatic hydroxyl groups is 1. The number of carbonyl (C=O) groups is 1. The summed E-state index contributed by atoms with van der Waals surface area (Å²) in [6.07, 6.45) is 1.18. The maximum Gasteiger partial charge on any atom is 0.261 e. The molecule has 4 heteroatoms. The minimum Gasteiger partial charge on any atom is -0.393 e. The lowest BCUT2D eigenvalue weighted by atomic mass is 10.1. The van der Waals surface area contributed by atoms with Crippen molar-refractivity contribution >= 4 is 17.2 Å². The highest BCUT2D eigenvalue weighted by Gasteiger charge is 2.13. The van der Waals surface area contributed by atoms with Crippen LogP contribution in [0.1, 0.15) is 29.4 Å². The van der Waals surface area contributed by atoms with Gasteiger partial charge in [-0.1, -0.05) is 30.3 Å². The highest BCUT2D eigenvalue weighted by molar-refractivity contribution is 7.12. The van der Waals surface area contributed by atoms with E-state index >= 15 is 0 Å². The van der Waals surface area contributed by atoms with Crippen LogP contribution in [0.3, 0.4) is 0 Å². The molecule has 1 aromatic carbocycles. The van der Waals surface area contributed by atoms with Gasteiger partial charge >= 0.3 is 0 Å². The van der Waals surface area contributed by atoms with Crippen LogP contribution in [-0.2, 0) is 0 Å². The van der Waals surface area contributed by atoms with E-state index in [0.29, 0.717) is 13.0 Å². The highest BCUT2D eigenvalue weighted by atomic mass is 32.1. The molecule has 0 radical (unpaired) electrons. The number of hydrogen-bond acceptors (Lipinski definition) is 3. The Labute approximate surface area is 123 Å². The fourth-order valence-corrected chi connectivity index (χ4v) is 2.84. The van der Waals surface area contributed by atoms with Gasteiger partial charge in [0.2, 0.25) is 0 Å². The van der Waals surface area contributed by atoms with Gasteiger partial charge in [-0.2, -0.15) is 0 Å². The largest absolute Gasteiger partial charge is 0.393 e. The minimum absolute atomic E-state index is 0.0376. The van der Waals surface area contributed by atoms with Crippen LogP contribution in [0.25, 0.3) is 11.1 Å². The second-order valence-corrected chi connectivity index (χ2v) is 5.69. The number of carbonyl (C=O) groups excluding carboxylic acids is 1. The quantitative estimate of drug-likeness (QED) is 0.802. The zero-order valence-electron chi connectivity index (χ0n) is 11.5. The average Bonchev–Trinajstić information content (AvgIpc) is 2.93. The summed E-state index contributed by atoms with van der Waals surface area (Å²) in [6.45, 7) is 2.35. The maximum atomic E-state index is 12.2. The van der Waals surface area contributed by atoms with Crippen molar-refractivity contribution in [2.24, 2.45) is 0 Å². The summed E-state index contributed by atoms with van der Waals surface area (Å²) in [5, 5.41) is 14.0. The summed E-state index contributed by atoms with van der Waals surface area (Å²) in [4.78, 5) is 12.9. The van der Waals surface area contributed by atoms with Crippen LogP contribution in [0.4, 0.5) is 0 Å². The van der Waals surface area contributed by atoms with E-state index < -0.39 is 0 Å². The monoisotopic (exact) mass is 289 g/mol. The number of aliphatic hydroxyl groups excluding tert-OH is 1. The number of nitrogens with one attached hydrogen (secondary N) is 1. The van der Waals surface area contributed by atoms with Crippen molar-refractivity contribution in [2.45, 2.75) is 25.9 Å². The van der Waals surface area contributed by atoms with E-state index in [0.717, 1.165) is 22.4 Å². The van der Waals surface area contributed by atoms with Crippen molar-refractivity contribution in [3.8, 4) is 11.1 Å². The first kappa shape index (κ1) is 14.8. The Kier molecular flexibility index (Phi) is 5.32. The van der Waals surface area contributed by atoms with E-state index in [9.17, 15) is 9.90 Å². The first-order chi connectivity index (χ1) is 9.68. The molecule has 0 aliphatic rings. The number of thiophene rings is 1. The van der Waals surface area contributed by atoms with E-state index in [-0.39, 0.29) is 12.0 Å². The van der Waals surface area contributed by atoms with Crippen molar-refractivity contribution < 1.29 is 9.90 Å². The minimum atomic E-state index is -0.312. The number of hydrogen-bond donors (Lipinski definition) is 2. The van der Waals surface area contributed by atoms with Gasteiger partial charge in [-0.25, -0.2) is 0 Å². The molecule has 106 valence electrons. The van der Waals surface area contributed by atoms with Crippen LogP contribution >= 0.6 is 11.3 Å². The van der Waals surface area contributed by atoms with Crippen LogP contribution < -0.4 is 5.32 Å². The molecule has 2 N–H and O–H groups in total. The predicted octanol–water partition coefficient (Wildman–Crippen LogP) is 3.31. The molecule has 20 heavy (non-hydrogen) atoms. The van der Waals surface area contributed by atoms with Gasteiger partial charge in [0.15, 0.2) is 0 Å². The SMILES string of the molecule is CC(O)CCCNC(=O)c1sccc1-c1ccccc1. The van der Waals surface area contributed by atoms with Crippen molar-refractivity contribution in [1.82, 2.24) is 5.32 Å². The summed E-state index contributed by atoms with van der Waals surface area (Å²) >= 11 is 1.46. The van der Waals surface area contributed by atoms with E-state index in [2.05, 4.69) is 5.32 Å². The molecule has 1 heterocycles. The zero-order chi connectivity index (χ0) is 14.4. The van der Waals surface area contributed by atoms with Gasteiger partial charge in [0.1, 0.15) is 0 Å². The third kappa shape index (κ3) is 3.92.